The van der Waals surface area contributed by atoms with Crippen molar-refractivity contribution in [2.45, 2.75) is 42.5 Å². The zero-order chi connectivity index (χ0) is 19.2. The molecule has 0 unspecified atom stereocenters. The Morgan fingerprint density at radius 2 is 1.85 bits per heavy atom. The van der Waals surface area contributed by atoms with Crippen LogP contribution in [0.3, 0.4) is 0 Å². The van der Waals surface area contributed by atoms with Crippen molar-refractivity contribution in [3.05, 3.63) is 65.7 Å². The Bertz CT molecular complexity index is 764. The highest BCUT2D eigenvalue weighted by Crippen LogP contribution is 2.23. The lowest BCUT2D eigenvalue weighted by atomic mass is 10.0. The topological polar surface area (TPSA) is 32.3 Å². The van der Waals surface area contributed by atoms with Crippen LogP contribution in [0.15, 0.2) is 53.4 Å². The highest BCUT2D eigenvalue weighted by molar-refractivity contribution is 8.00. The molecule has 1 saturated heterocycles. The first kappa shape index (κ1) is 19.8. The Morgan fingerprint density at radius 3 is 2.52 bits per heavy atom. The number of nitrogens with zero attached hydrogens (tertiary/aromatic N) is 1. The monoisotopic (exact) mass is 390 g/mol. The average molecular weight is 390 g/mol. The first-order chi connectivity index (χ1) is 13.0. The number of piperidine rings is 1. The second-order valence-corrected chi connectivity index (χ2v) is 8.29. The number of carbonyl (C=O) groups is 1. The minimum absolute atomic E-state index is 0.0582. The third kappa shape index (κ3) is 5.78. The third-order valence-electron chi connectivity index (χ3n) is 4.75. The minimum Gasteiger partial charge on any atom is -0.352 e. The van der Waals surface area contributed by atoms with E-state index in [1.807, 2.05) is 37.3 Å². The molecular weight excluding hydrogens is 366 g/mol. The quantitative estimate of drug-likeness (QED) is 0.750. The number of hydrogen-bond donors (Lipinski definition) is 1. The molecule has 2 aromatic carbocycles. The summed E-state index contributed by atoms with van der Waals surface area (Å²) in [5, 5.41) is 3.00. The maximum atomic E-state index is 13.3. The fourth-order valence-electron chi connectivity index (χ4n) is 3.21. The highest BCUT2D eigenvalue weighted by atomic mass is 32.2. The average Bonchev–Trinajstić information content (AvgIpc) is 2.67. The summed E-state index contributed by atoms with van der Waals surface area (Å²) in [4.78, 5) is 15.7. The van der Waals surface area contributed by atoms with Crippen LogP contribution < -0.4 is 5.32 Å². The predicted octanol–water partition coefficient (Wildman–Crippen LogP) is 4.23. The second kappa shape index (κ2) is 9.33. The Morgan fingerprint density at radius 1 is 1.15 bits per heavy atom. The van der Waals surface area contributed by atoms with Crippen molar-refractivity contribution in [2.24, 2.45) is 0 Å². The highest BCUT2D eigenvalue weighted by Gasteiger charge is 2.23. The zero-order valence-corrected chi connectivity index (χ0v) is 16.1. The molecule has 1 atom stereocenters. The molecular formula is C21H24F2N2OS. The van der Waals surface area contributed by atoms with E-state index in [1.165, 1.54) is 12.1 Å². The number of amides is 1. The van der Waals surface area contributed by atoms with Gasteiger partial charge in [-0.1, -0.05) is 24.3 Å². The molecule has 0 spiro atoms. The number of likely N-dealkylation sites (tertiary alicyclic amines) is 1. The summed E-state index contributed by atoms with van der Waals surface area (Å²) in [6, 6.07) is 14.1. The molecule has 0 bridgehead atoms. The molecule has 144 valence electrons. The molecule has 0 aromatic heterocycles. The third-order valence-corrected chi connectivity index (χ3v) is 5.86. The van der Waals surface area contributed by atoms with Gasteiger partial charge in [0, 0.05) is 30.6 Å². The van der Waals surface area contributed by atoms with Crippen molar-refractivity contribution in [2.75, 3.05) is 13.1 Å². The lowest BCUT2D eigenvalue weighted by Crippen LogP contribution is -2.46. The van der Waals surface area contributed by atoms with Crippen LogP contribution in [0.1, 0.15) is 25.3 Å². The molecule has 1 amide bonds. The van der Waals surface area contributed by atoms with E-state index >= 15 is 0 Å². The van der Waals surface area contributed by atoms with Gasteiger partial charge in [0.05, 0.1) is 5.25 Å². The minimum atomic E-state index is -0.817. The summed E-state index contributed by atoms with van der Waals surface area (Å²) in [5.74, 6) is -1.56. The molecule has 1 heterocycles. The molecule has 3 rings (SSSR count). The van der Waals surface area contributed by atoms with Crippen LogP contribution in [0.2, 0.25) is 0 Å². The van der Waals surface area contributed by atoms with Gasteiger partial charge in [-0.3, -0.25) is 9.69 Å². The number of benzene rings is 2. The Labute approximate surface area is 163 Å². The number of hydrogen-bond acceptors (Lipinski definition) is 3. The van der Waals surface area contributed by atoms with Gasteiger partial charge in [0.25, 0.3) is 0 Å². The van der Waals surface area contributed by atoms with E-state index in [0.717, 1.165) is 36.4 Å². The van der Waals surface area contributed by atoms with Gasteiger partial charge in [-0.2, -0.15) is 0 Å². The Kier molecular flexibility index (Phi) is 6.85. The maximum Gasteiger partial charge on any atom is 0.233 e. The van der Waals surface area contributed by atoms with Crippen LogP contribution in [0.4, 0.5) is 8.78 Å². The van der Waals surface area contributed by atoms with E-state index in [4.69, 9.17) is 0 Å². The summed E-state index contributed by atoms with van der Waals surface area (Å²) in [5.41, 5.74) is 0.768. The van der Waals surface area contributed by atoms with Gasteiger partial charge in [-0.15, -0.1) is 11.8 Å². The van der Waals surface area contributed by atoms with Crippen LogP contribution >= 0.6 is 11.8 Å². The maximum absolute atomic E-state index is 13.3. The van der Waals surface area contributed by atoms with Crippen LogP contribution in [0, 0.1) is 11.6 Å². The van der Waals surface area contributed by atoms with E-state index < -0.39 is 11.6 Å². The van der Waals surface area contributed by atoms with E-state index in [-0.39, 0.29) is 17.2 Å². The van der Waals surface area contributed by atoms with Gasteiger partial charge in [-0.25, -0.2) is 8.78 Å². The summed E-state index contributed by atoms with van der Waals surface area (Å²) in [6.45, 7) is 4.16. The zero-order valence-electron chi connectivity index (χ0n) is 15.3. The Hall–Kier alpha value is -1.92. The van der Waals surface area contributed by atoms with Crippen molar-refractivity contribution < 1.29 is 13.6 Å². The van der Waals surface area contributed by atoms with E-state index in [0.29, 0.717) is 6.54 Å². The summed E-state index contributed by atoms with van der Waals surface area (Å²) in [7, 11) is 0. The predicted molar refractivity (Wildman–Crippen MR) is 105 cm³/mol. The van der Waals surface area contributed by atoms with Gasteiger partial charge >= 0.3 is 0 Å². The van der Waals surface area contributed by atoms with Crippen molar-refractivity contribution in [1.82, 2.24) is 10.2 Å². The summed E-state index contributed by atoms with van der Waals surface area (Å²) in [6.07, 6.45) is 1.72. The number of rotatable bonds is 6. The van der Waals surface area contributed by atoms with Gasteiger partial charge in [0.15, 0.2) is 11.6 Å². The fourth-order valence-corrected chi connectivity index (χ4v) is 4.10. The number of halogens is 2. The summed E-state index contributed by atoms with van der Waals surface area (Å²) < 4.78 is 26.4. The van der Waals surface area contributed by atoms with Gasteiger partial charge in [0.2, 0.25) is 5.91 Å². The molecule has 1 aliphatic rings. The lowest BCUT2D eigenvalue weighted by molar-refractivity contribution is -0.121. The molecule has 1 aliphatic heterocycles. The van der Waals surface area contributed by atoms with Crippen LogP contribution in [0.25, 0.3) is 0 Å². The van der Waals surface area contributed by atoms with Gasteiger partial charge in [0.1, 0.15) is 0 Å². The molecule has 0 saturated carbocycles. The molecule has 27 heavy (non-hydrogen) atoms. The number of nitrogens with one attached hydrogen (secondary N) is 1. The van der Waals surface area contributed by atoms with E-state index in [1.54, 1.807) is 17.8 Å². The molecule has 1 N–H and O–H groups in total. The first-order valence-electron chi connectivity index (χ1n) is 9.19. The van der Waals surface area contributed by atoms with E-state index in [9.17, 15) is 13.6 Å². The molecule has 3 nitrogen and oxygen atoms in total. The SMILES string of the molecule is C[C@@H](Sc1ccccc1)C(=O)NC1CCN(Cc2ccc(F)c(F)c2)CC1. The van der Waals surface area contributed by atoms with Crippen molar-refractivity contribution >= 4 is 17.7 Å². The normalized spacial score (nSPS) is 16.9. The van der Waals surface area contributed by atoms with Crippen molar-refractivity contribution in [3.8, 4) is 0 Å². The molecule has 6 heteroatoms. The smallest absolute Gasteiger partial charge is 0.233 e. The van der Waals surface area contributed by atoms with E-state index in [2.05, 4.69) is 10.2 Å². The van der Waals surface area contributed by atoms with Crippen LogP contribution in [-0.4, -0.2) is 35.2 Å². The largest absolute Gasteiger partial charge is 0.352 e. The fraction of sp³-hybridized carbons (Fsp3) is 0.381. The van der Waals surface area contributed by atoms with Crippen molar-refractivity contribution in [3.63, 3.8) is 0 Å². The molecule has 0 radical (unpaired) electrons. The second-order valence-electron chi connectivity index (χ2n) is 6.88. The molecule has 0 aliphatic carbocycles. The van der Waals surface area contributed by atoms with Crippen LogP contribution in [-0.2, 0) is 11.3 Å². The number of thioether (sulfide) groups is 1. The summed E-state index contributed by atoms with van der Waals surface area (Å²) >= 11 is 1.56. The van der Waals surface area contributed by atoms with Gasteiger partial charge < -0.3 is 5.32 Å². The van der Waals surface area contributed by atoms with Gasteiger partial charge in [-0.05, 0) is 49.6 Å². The van der Waals surface area contributed by atoms with Crippen molar-refractivity contribution in [1.29, 1.82) is 0 Å². The lowest BCUT2D eigenvalue weighted by Gasteiger charge is -2.32. The first-order valence-corrected chi connectivity index (χ1v) is 10.1. The molecule has 2 aromatic rings. The molecule has 1 fully saturated rings. The van der Waals surface area contributed by atoms with Crippen LogP contribution in [0.5, 0.6) is 0 Å². The number of carbonyl (C=O) groups excluding carboxylic acids is 1. The standard InChI is InChI=1S/C21H24F2N2OS/c1-15(27-18-5-3-2-4-6-18)21(26)24-17-9-11-25(12-10-17)14-16-7-8-19(22)20(23)13-16/h2-8,13,15,17H,9-12,14H2,1H3,(H,24,26)/t15-/m1/s1. The Balaban J connectivity index is 1.43.